The highest BCUT2D eigenvalue weighted by molar-refractivity contribution is 5.49. The lowest BCUT2D eigenvalue weighted by molar-refractivity contribution is -0.649. The zero-order chi connectivity index (χ0) is 11.7. The van der Waals surface area contributed by atoms with Crippen LogP contribution in [0.2, 0.25) is 0 Å². The molecular weight excluding hydrogens is 212 g/mol. The molecule has 0 aliphatic carbocycles. The van der Waals surface area contributed by atoms with Gasteiger partial charge in [0.1, 0.15) is 5.69 Å². The van der Waals surface area contributed by atoms with Crippen LogP contribution in [-0.2, 0) is 0 Å². The van der Waals surface area contributed by atoms with E-state index < -0.39 is 0 Å². The number of aromatic nitrogens is 3. The molecule has 0 bridgehead atoms. The molecule has 4 nitrogen and oxygen atoms in total. The van der Waals surface area contributed by atoms with Gasteiger partial charge in [0.2, 0.25) is 0 Å². The Morgan fingerprint density at radius 3 is 2.41 bits per heavy atom. The number of para-hydroxylation sites is 1. The summed E-state index contributed by atoms with van der Waals surface area (Å²) in [6.45, 7) is 0. The molecule has 2 aromatic heterocycles. The maximum atomic E-state index is 6.00. The minimum Gasteiger partial charge on any atom is -0.391 e. The standard InChI is InChI=1S/C13H12N4/c14-12-10-15-17(11-6-2-1-3-7-11)13(12)16-8-4-5-9-16/h1-10H,14H2/p+1. The van der Waals surface area contributed by atoms with E-state index in [4.69, 9.17) is 5.73 Å². The molecule has 0 fully saturated rings. The quantitative estimate of drug-likeness (QED) is 0.640. The van der Waals surface area contributed by atoms with Crippen molar-refractivity contribution in [2.45, 2.75) is 0 Å². The summed E-state index contributed by atoms with van der Waals surface area (Å²) in [6.07, 6.45) is 5.74. The maximum absolute atomic E-state index is 6.00. The Balaban J connectivity index is 2.20. The van der Waals surface area contributed by atoms with E-state index in [2.05, 4.69) is 5.10 Å². The molecule has 3 rings (SSSR count). The Morgan fingerprint density at radius 1 is 1.00 bits per heavy atom. The van der Waals surface area contributed by atoms with Gasteiger partial charge in [-0.25, -0.2) is 9.67 Å². The van der Waals surface area contributed by atoms with E-state index >= 15 is 0 Å². The Labute approximate surface area is 98.9 Å². The number of nitrogens with zero attached hydrogens (tertiary/aromatic N) is 2. The second kappa shape index (κ2) is 3.83. The molecule has 17 heavy (non-hydrogen) atoms. The number of rotatable bonds is 2. The number of hydrogen-bond donors (Lipinski definition) is 2. The summed E-state index contributed by atoms with van der Waals surface area (Å²) in [7, 11) is 0. The average molecular weight is 225 g/mol. The van der Waals surface area contributed by atoms with Crippen molar-refractivity contribution < 1.29 is 4.68 Å². The van der Waals surface area contributed by atoms with Crippen LogP contribution in [0.4, 0.5) is 5.69 Å². The smallest absolute Gasteiger partial charge is 0.335 e. The van der Waals surface area contributed by atoms with Crippen molar-refractivity contribution in [2.75, 3.05) is 5.73 Å². The molecule has 0 radical (unpaired) electrons. The van der Waals surface area contributed by atoms with E-state index in [-0.39, 0.29) is 0 Å². The summed E-state index contributed by atoms with van der Waals surface area (Å²) in [6, 6.07) is 14.0. The van der Waals surface area contributed by atoms with Gasteiger partial charge >= 0.3 is 5.82 Å². The number of nitrogens with two attached hydrogens (primary N) is 1. The average Bonchev–Trinajstić information content (AvgIpc) is 2.99. The number of hydrogen-bond acceptors (Lipinski definition) is 1. The van der Waals surface area contributed by atoms with Crippen LogP contribution in [0, 0.1) is 0 Å². The van der Waals surface area contributed by atoms with Crippen LogP contribution in [0.3, 0.4) is 0 Å². The zero-order valence-corrected chi connectivity index (χ0v) is 9.25. The molecule has 0 aliphatic rings. The van der Waals surface area contributed by atoms with Crippen LogP contribution in [0.25, 0.3) is 11.5 Å². The van der Waals surface area contributed by atoms with Crippen molar-refractivity contribution >= 4 is 5.69 Å². The van der Waals surface area contributed by atoms with Crippen molar-refractivity contribution in [1.82, 2.24) is 9.67 Å². The number of nitrogen functional groups attached to an aromatic ring is 1. The number of anilines is 1. The van der Waals surface area contributed by atoms with Gasteiger partial charge in [-0.1, -0.05) is 18.2 Å². The second-order valence-corrected chi connectivity index (χ2v) is 3.81. The molecule has 3 N–H and O–H groups in total. The molecule has 0 unspecified atom stereocenters. The van der Waals surface area contributed by atoms with E-state index in [1.54, 1.807) is 6.20 Å². The first-order chi connectivity index (χ1) is 8.36. The first kappa shape index (κ1) is 9.72. The lowest BCUT2D eigenvalue weighted by Crippen LogP contribution is -2.36. The molecule has 0 spiro atoms. The number of H-pyrrole nitrogens is 1. The SMILES string of the molecule is Nc1c[nH][n+](-c2ccccc2)c1-n1cccc1. The normalized spacial score (nSPS) is 10.6. The van der Waals surface area contributed by atoms with Gasteiger partial charge in [-0.05, 0) is 24.3 Å². The van der Waals surface area contributed by atoms with Crippen molar-refractivity contribution in [1.29, 1.82) is 0 Å². The summed E-state index contributed by atoms with van der Waals surface area (Å²) in [5.41, 5.74) is 7.76. The fourth-order valence-corrected chi connectivity index (χ4v) is 1.90. The summed E-state index contributed by atoms with van der Waals surface area (Å²) in [4.78, 5) is 0. The first-order valence-corrected chi connectivity index (χ1v) is 5.44. The molecule has 84 valence electrons. The first-order valence-electron chi connectivity index (χ1n) is 5.44. The van der Waals surface area contributed by atoms with Crippen LogP contribution >= 0.6 is 0 Å². The van der Waals surface area contributed by atoms with Crippen molar-refractivity contribution in [3.63, 3.8) is 0 Å². The Morgan fingerprint density at radius 2 is 1.71 bits per heavy atom. The number of benzene rings is 1. The molecule has 3 aromatic rings. The van der Waals surface area contributed by atoms with Crippen LogP contribution < -0.4 is 10.4 Å². The van der Waals surface area contributed by atoms with E-state index in [0.717, 1.165) is 11.5 Å². The minimum absolute atomic E-state index is 0.713. The molecule has 2 heterocycles. The van der Waals surface area contributed by atoms with Crippen molar-refractivity contribution in [3.8, 4) is 11.5 Å². The molecule has 0 aliphatic heterocycles. The molecule has 0 saturated heterocycles. The Hall–Kier alpha value is -2.49. The van der Waals surface area contributed by atoms with Gasteiger partial charge in [0.25, 0.3) is 0 Å². The minimum atomic E-state index is 0.713. The van der Waals surface area contributed by atoms with Crippen LogP contribution in [0.1, 0.15) is 0 Å². The Kier molecular flexibility index (Phi) is 2.19. The van der Waals surface area contributed by atoms with Crippen molar-refractivity contribution in [2.24, 2.45) is 0 Å². The predicted octanol–water partition coefficient (Wildman–Crippen LogP) is 1.66. The van der Waals surface area contributed by atoms with E-state index in [1.807, 2.05) is 64.1 Å². The van der Waals surface area contributed by atoms with Gasteiger partial charge in [-0.15, -0.1) is 4.68 Å². The predicted molar refractivity (Wildman–Crippen MR) is 66.1 cm³/mol. The molecular formula is C13H13N4+. The third kappa shape index (κ3) is 1.59. The number of aromatic amines is 1. The third-order valence-electron chi connectivity index (χ3n) is 2.68. The Bertz CT molecular complexity index is 608. The summed E-state index contributed by atoms with van der Waals surface area (Å²) >= 11 is 0. The van der Waals surface area contributed by atoms with E-state index in [0.29, 0.717) is 5.69 Å². The largest absolute Gasteiger partial charge is 0.391 e. The monoisotopic (exact) mass is 225 g/mol. The van der Waals surface area contributed by atoms with Gasteiger partial charge in [0.05, 0.1) is 18.6 Å². The fourth-order valence-electron chi connectivity index (χ4n) is 1.90. The van der Waals surface area contributed by atoms with Crippen LogP contribution in [-0.4, -0.2) is 9.67 Å². The lowest BCUT2D eigenvalue weighted by atomic mass is 10.3. The highest BCUT2D eigenvalue weighted by Gasteiger charge is 2.19. The third-order valence-corrected chi connectivity index (χ3v) is 2.68. The fraction of sp³-hybridized carbons (Fsp3) is 0. The molecule has 0 amide bonds. The molecule has 1 aromatic carbocycles. The lowest BCUT2D eigenvalue weighted by Gasteiger charge is -2.00. The molecule has 0 atom stereocenters. The summed E-state index contributed by atoms with van der Waals surface area (Å²) < 4.78 is 3.94. The number of nitrogens with one attached hydrogen (secondary N) is 1. The maximum Gasteiger partial charge on any atom is 0.335 e. The van der Waals surface area contributed by atoms with Crippen LogP contribution in [0.5, 0.6) is 0 Å². The highest BCUT2D eigenvalue weighted by atomic mass is 15.3. The van der Waals surface area contributed by atoms with Gasteiger partial charge in [-0.2, -0.15) is 0 Å². The topological polar surface area (TPSA) is 50.6 Å². The van der Waals surface area contributed by atoms with Gasteiger partial charge in [-0.3, -0.25) is 0 Å². The van der Waals surface area contributed by atoms with Crippen LogP contribution in [0.15, 0.2) is 61.1 Å². The van der Waals surface area contributed by atoms with E-state index in [1.165, 1.54) is 0 Å². The summed E-state index contributed by atoms with van der Waals surface area (Å²) in [5, 5.41) is 3.15. The van der Waals surface area contributed by atoms with Gasteiger partial charge in [0.15, 0.2) is 5.69 Å². The second-order valence-electron chi connectivity index (χ2n) is 3.81. The molecule has 4 heteroatoms. The zero-order valence-electron chi connectivity index (χ0n) is 9.25. The van der Waals surface area contributed by atoms with Crippen molar-refractivity contribution in [3.05, 3.63) is 61.1 Å². The summed E-state index contributed by atoms with van der Waals surface area (Å²) in [5.74, 6) is 0.918. The van der Waals surface area contributed by atoms with Gasteiger partial charge < -0.3 is 5.73 Å². The molecule has 0 saturated carbocycles. The van der Waals surface area contributed by atoms with E-state index in [9.17, 15) is 0 Å². The highest BCUT2D eigenvalue weighted by Crippen LogP contribution is 2.13. The van der Waals surface area contributed by atoms with Gasteiger partial charge in [0, 0.05) is 0 Å².